The lowest BCUT2D eigenvalue weighted by Crippen LogP contribution is -2.52. The third-order valence-electron chi connectivity index (χ3n) is 4.88. The second kappa shape index (κ2) is 7.33. The number of nitrogens with two attached hydrogens (primary N) is 1. The van der Waals surface area contributed by atoms with Crippen LogP contribution in [0.1, 0.15) is 0 Å². The molecule has 0 saturated carbocycles. The van der Waals surface area contributed by atoms with Crippen LogP contribution in [0, 0.1) is 11.6 Å². The van der Waals surface area contributed by atoms with Gasteiger partial charge in [0.2, 0.25) is 0 Å². The number of anilines is 1. The van der Waals surface area contributed by atoms with E-state index in [1.807, 2.05) is 0 Å². The molecule has 8 nitrogen and oxygen atoms in total. The van der Waals surface area contributed by atoms with Crippen molar-refractivity contribution in [2.75, 3.05) is 5.73 Å². The number of alkyl halides is 4. The maximum atomic E-state index is 14.3. The van der Waals surface area contributed by atoms with E-state index in [9.17, 15) is 26.3 Å². The van der Waals surface area contributed by atoms with E-state index >= 15 is 0 Å². The minimum atomic E-state index is -4.89. The highest BCUT2D eigenvalue weighted by atomic mass is 19.3. The summed E-state index contributed by atoms with van der Waals surface area (Å²) in [7, 11) is 0. The Bertz CT molecular complexity index is 1430. The fourth-order valence-electron chi connectivity index (χ4n) is 3.23. The van der Waals surface area contributed by atoms with Crippen LogP contribution < -0.4 is 15.2 Å². The first-order valence-corrected chi connectivity index (χ1v) is 9.34. The zero-order valence-electron chi connectivity index (χ0n) is 16.5. The lowest BCUT2D eigenvalue weighted by Gasteiger charge is -2.31. The summed E-state index contributed by atoms with van der Waals surface area (Å²) in [5, 5.41) is 10.9. The van der Waals surface area contributed by atoms with E-state index in [1.165, 1.54) is 30.5 Å². The summed E-state index contributed by atoms with van der Waals surface area (Å²) < 4.78 is 91.0. The number of benzene rings is 2. The molecule has 34 heavy (non-hydrogen) atoms. The predicted molar refractivity (Wildman–Crippen MR) is 103 cm³/mol. The highest BCUT2D eigenvalue weighted by Crippen LogP contribution is 2.48. The molecule has 0 radical (unpaired) electrons. The number of fused-ring (bicyclic) bond motifs is 1. The number of aromatic nitrogens is 5. The Morgan fingerprint density at radius 1 is 0.882 bits per heavy atom. The molecule has 0 bridgehead atoms. The fraction of sp³-hybridized carbons (Fsp3) is 0.100. The number of rotatable bonds is 3. The molecule has 0 spiro atoms. The Balaban J connectivity index is 1.58. The third-order valence-corrected chi connectivity index (χ3v) is 4.88. The van der Waals surface area contributed by atoms with Gasteiger partial charge in [-0.3, -0.25) is 0 Å². The second-order valence-corrected chi connectivity index (χ2v) is 7.04. The van der Waals surface area contributed by atoms with Crippen molar-refractivity contribution in [1.29, 1.82) is 0 Å². The van der Waals surface area contributed by atoms with Gasteiger partial charge in [0, 0.05) is 11.8 Å². The van der Waals surface area contributed by atoms with Crippen molar-refractivity contribution in [2.24, 2.45) is 0 Å². The van der Waals surface area contributed by atoms with Crippen LogP contribution in [0.2, 0.25) is 0 Å². The number of ether oxygens (including phenoxy) is 2. The van der Waals surface area contributed by atoms with Gasteiger partial charge in [-0.25, -0.2) is 13.8 Å². The van der Waals surface area contributed by atoms with Gasteiger partial charge in [-0.2, -0.15) is 22.2 Å². The molecule has 2 aromatic heterocycles. The van der Waals surface area contributed by atoms with Crippen LogP contribution in [-0.2, 0) is 0 Å². The molecular weight excluding hydrogens is 470 g/mol. The first-order valence-electron chi connectivity index (χ1n) is 9.34. The Labute approximate surface area is 185 Å². The monoisotopic (exact) mass is 480 g/mol. The number of tetrazole rings is 1. The average Bonchev–Trinajstić information content (AvgIpc) is 3.25. The maximum absolute atomic E-state index is 14.3. The van der Waals surface area contributed by atoms with Crippen LogP contribution in [0.15, 0.2) is 48.7 Å². The Morgan fingerprint density at radius 2 is 1.62 bits per heavy atom. The molecule has 0 amide bonds. The lowest BCUT2D eigenvalue weighted by atomic mass is 10.0. The van der Waals surface area contributed by atoms with Gasteiger partial charge in [0.1, 0.15) is 11.5 Å². The molecule has 3 heterocycles. The van der Waals surface area contributed by atoms with Crippen LogP contribution in [0.5, 0.6) is 11.5 Å². The quantitative estimate of drug-likeness (QED) is 0.439. The van der Waals surface area contributed by atoms with Crippen molar-refractivity contribution < 1.29 is 35.8 Å². The van der Waals surface area contributed by atoms with Crippen LogP contribution >= 0.6 is 0 Å². The molecule has 0 saturated heterocycles. The third kappa shape index (κ3) is 3.34. The molecule has 0 fully saturated rings. The van der Waals surface area contributed by atoms with Crippen molar-refractivity contribution in [3.63, 3.8) is 0 Å². The van der Waals surface area contributed by atoms with E-state index in [0.717, 1.165) is 22.9 Å². The van der Waals surface area contributed by atoms with E-state index in [1.54, 1.807) is 0 Å². The molecule has 0 aliphatic carbocycles. The van der Waals surface area contributed by atoms with E-state index < -0.39 is 35.4 Å². The van der Waals surface area contributed by atoms with E-state index in [0.29, 0.717) is 0 Å². The van der Waals surface area contributed by atoms with Crippen LogP contribution in [0.25, 0.3) is 28.2 Å². The first kappa shape index (κ1) is 21.5. The number of pyridine rings is 1. The Morgan fingerprint density at radius 3 is 2.38 bits per heavy atom. The van der Waals surface area contributed by atoms with Crippen molar-refractivity contribution in [3.8, 4) is 39.7 Å². The molecule has 0 atom stereocenters. The van der Waals surface area contributed by atoms with Crippen LogP contribution in [0.4, 0.5) is 32.2 Å². The molecule has 5 rings (SSSR count). The molecule has 1 aliphatic heterocycles. The summed E-state index contributed by atoms with van der Waals surface area (Å²) in [6, 6.07) is 8.18. The normalized spacial score (nSPS) is 15.8. The smallest absolute Gasteiger partial charge is 0.421 e. The van der Waals surface area contributed by atoms with Crippen molar-refractivity contribution in [2.45, 2.75) is 12.2 Å². The molecule has 2 aromatic carbocycles. The molecule has 4 aromatic rings. The predicted octanol–water partition coefficient (Wildman–Crippen LogP) is 4.21. The fourth-order valence-corrected chi connectivity index (χ4v) is 3.23. The van der Waals surface area contributed by atoms with Gasteiger partial charge in [-0.05, 0) is 46.3 Å². The van der Waals surface area contributed by atoms with E-state index in [4.69, 9.17) is 5.73 Å². The summed E-state index contributed by atoms with van der Waals surface area (Å²) in [6.07, 6.45) is -8.46. The van der Waals surface area contributed by atoms with Gasteiger partial charge in [0.05, 0.1) is 5.56 Å². The minimum absolute atomic E-state index is 0.0830. The zero-order chi connectivity index (χ0) is 24.3. The Hall–Kier alpha value is -4.36. The largest absolute Gasteiger partial charge is 0.507 e. The molecule has 1 aliphatic rings. The number of halogens is 6. The van der Waals surface area contributed by atoms with Gasteiger partial charge in [0.15, 0.2) is 29.0 Å². The molecular formula is C20H10F6N6O2. The first-order chi connectivity index (χ1) is 16.1. The summed E-state index contributed by atoms with van der Waals surface area (Å²) in [6.45, 7) is 0. The van der Waals surface area contributed by atoms with Gasteiger partial charge in [-0.15, -0.1) is 5.10 Å². The average molecular weight is 480 g/mol. The van der Waals surface area contributed by atoms with Crippen LogP contribution in [-0.4, -0.2) is 37.4 Å². The van der Waals surface area contributed by atoms with Gasteiger partial charge < -0.3 is 15.2 Å². The summed E-state index contributed by atoms with van der Waals surface area (Å²) in [5.74, 6) is -3.73. The highest BCUT2D eigenvalue weighted by molar-refractivity contribution is 5.77. The van der Waals surface area contributed by atoms with E-state index in [-0.39, 0.29) is 34.0 Å². The van der Waals surface area contributed by atoms with Gasteiger partial charge in [0.25, 0.3) is 0 Å². The van der Waals surface area contributed by atoms with Crippen molar-refractivity contribution in [3.05, 3.63) is 60.3 Å². The zero-order valence-corrected chi connectivity index (χ0v) is 16.5. The highest BCUT2D eigenvalue weighted by Gasteiger charge is 2.65. The Kier molecular flexibility index (Phi) is 4.63. The van der Waals surface area contributed by atoms with Crippen molar-refractivity contribution in [1.82, 2.24) is 25.2 Å². The SMILES string of the molecule is Nc1ncc(-c2ccc3c(c2)OC(F)(F)C(F)(F)O3)cc1-c1nnnn1-c1cccc(F)c1F. The summed E-state index contributed by atoms with van der Waals surface area (Å²) in [4.78, 5) is 4.01. The standard InChI is InChI=1S/C20H10F6N6O2/c21-12-2-1-3-13(16(12)22)32-18(29-30-31-32)11-6-10(8-28-17(11)27)9-4-5-14-15(7-9)34-20(25,26)19(23,24)33-14/h1-8H,(H2,27,28). The molecule has 0 unspecified atom stereocenters. The van der Waals surface area contributed by atoms with E-state index in [2.05, 4.69) is 30.0 Å². The van der Waals surface area contributed by atoms with Crippen LogP contribution in [0.3, 0.4) is 0 Å². The lowest BCUT2D eigenvalue weighted by molar-refractivity contribution is -0.391. The summed E-state index contributed by atoms with van der Waals surface area (Å²) in [5.41, 5.74) is 6.22. The topological polar surface area (TPSA) is 101 Å². The second-order valence-electron chi connectivity index (χ2n) is 7.04. The van der Waals surface area contributed by atoms with Gasteiger partial charge >= 0.3 is 12.2 Å². The minimum Gasteiger partial charge on any atom is -0.421 e. The molecule has 174 valence electrons. The number of nitrogen functional groups attached to an aromatic ring is 1. The number of hydrogen-bond donors (Lipinski definition) is 1. The maximum Gasteiger partial charge on any atom is 0.507 e. The summed E-state index contributed by atoms with van der Waals surface area (Å²) >= 11 is 0. The molecule has 14 heteroatoms. The van der Waals surface area contributed by atoms with Crippen molar-refractivity contribution >= 4 is 5.82 Å². The number of hydrogen-bond acceptors (Lipinski definition) is 7. The van der Waals surface area contributed by atoms with Gasteiger partial charge in [-0.1, -0.05) is 12.1 Å². The number of nitrogens with zero attached hydrogens (tertiary/aromatic N) is 5. The molecule has 2 N–H and O–H groups in total.